The molecule has 1 aliphatic heterocycles. The zero-order valence-electron chi connectivity index (χ0n) is 18.4. The van der Waals surface area contributed by atoms with Gasteiger partial charge in [-0.2, -0.15) is 4.31 Å². The number of sulfonamides is 1. The van der Waals surface area contributed by atoms with Gasteiger partial charge in [0.25, 0.3) is 0 Å². The van der Waals surface area contributed by atoms with E-state index >= 15 is 0 Å². The molecule has 0 atom stereocenters. The molecule has 0 bridgehead atoms. The van der Waals surface area contributed by atoms with Crippen LogP contribution >= 0.6 is 0 Å². The summed E-state index contributed by atoms with van der Waals surface area (Å²) in [4.78, 5) is 14.2. The summed E-state index contributed by atoms with van der Waals surface area (Å²) in [7, 11) is -3.66. The average Bonchev–Trinajstić information content (AvgIpc) is 2.64. The second kappa shape index (κ2) is 9.33. The van der Waals surface area contributed by atoms with Gasteiger partial charge in [-0.05, 0) is 44.5 Å². The molecule has 1 aliphatic rings. The normalized spacial score (nSPS) is 17.3. The molecule has 1 heterocycles. The second-order valence-corrected chi connectivity index (χ2v) is 12.9. The predicted octanol–water partition coefficient (Wildman–Crippen LogP) is 1.19. The highest BCUT2D eigenvalue weighted by atomic mass is 32.2. The van der Waals surface area contributed by atoms with Crippen LogP contribution in [0, 0.1) is 11.3 Å². The standard InChI is InChI=1S/C20H33N3O5S2/c1-20(2,15-22(3)4)14-21-19(24)16-10-12-23(13-11-16)30(27,28)18-9-7-6-8-17(18)29(5,25)26/h6-9,16H,10-15H2,1-5H3,(H,21,24). The minimum atomic E-state index is -3.96. The summed E-state index contributed by atoms with van der Waals surface area (Å²) in [6.07, 6.45) is 1.80. The van der Waals surface area contributed by atoms with Crippen LogP contribution in [0.5, 0.6) is 0 Å². The maximum Gasteiger partial charge on any atom is 0.244 e. The van der Waals surface area contributed by atoms with E-state index in [1.807, 2.05) is 14.1 Å². The van der Waals surface area contributed by atoms with Gasteiger partial charge in [-0.1, -0.05) is 26.0 Å². The summed E-state index contributed by atoms with van der Waals surface area (Å²) in [5.74, 6) is -0.313. The molecule has 1 fully saturated rings. The molecule has 1 saturated heterocycles. The van der Waals surface area contributed by atoms with E-state index in [1.165, 1.54) is 28.6 Å². The van der Waals surface area contributed by atoms with Crippen molar-refractivity contribution in [2.75, 3.05) is 46.5 Å². The van der Waals surface area contributed by atoms with Crippen LogP contribution < -0.4 is 5.32 Å². The van der Waals surface area contributed by atoms with Crippen LogP contribution in [0.2, 0.25) is 0 Å². The lowest BCUT2D eigenvalue weighted by molar-refractivity contribution is -0.126. The first-order valence-corrected chi connectivity index (χ1v) is 13.3. The van der Waals surface area contributed by atoms with Gasteiger partial charge < -0.3 is 10.2 Å². The van der Waals surface area contributed by atoms with Crippen LogP contribution in [0.25, 0.3) is 0 Å². The fraction of sp³-hybridized carbons (Fsp3) is 0.650. The third kappa shape index (κ3) is 6.26. The van der Waals surface area contributed by atoms with E-state index in [9.17, 15) is 21.6 Å². The fourth-order valence-corrected chi connectivity index (χ4v) is 6.92. The van der Waals surface area contributed by atoms with Crippen molar-refractivity contribution in [2.24, 2.45) is 11.3 Å². The lowest BCUT2D eigenvalue weighted by Crippen LogP contribution is -2.46. The smallest absolute Gasteiger partial charge is 0.244 e. The minimum Gasteiger partial charge on any atom is -0.355 e. The van der Waals surface area contributed by atoms with Gasteiger partial charge >= 0.3 is 0 Å². The summed E-state index contributed by atoms with van der Waals surface area (Å²) < 4.78 is 51.4. The Hall–Kier alpha value is -1.49. The molecule has 10 heteroatoms. The molecule has 0 aliphatic carbocycles. The SMILES string of the molecule is CN(C)CC(C)(C)CNC(=O)C1CCN(S(=O)(=O)c2ccccc2S(C)(=O)=O)CC1. The van der Waals surface area contributed by atoms with Crippen molar-refractivity contribution >= 4 is 25.8 Å². The van der Waals surface area contributed by atoms with E-state index in [0.717, 1.165) is 12.8 Å². The van der Waals surface area contributed by atoms with E-state index in [4.69, 9.17) is 0 Å². The molecule has 1 aromatic rings. The van der Waals surface area contributed by atoms with Crippen LogP contribution in [-0.4, -0.2) is 78.5 Å². The molecule has 8 nitrogen and oxygen atoms in total. The Labute approximate surface area is 180 Å². The first-order chi connectivity index (χ1) is 13.7. The van der Waals surface area contributed by atoms with Crippen LogP contribution in [0.15, 0.2) is 34.1 Å². The first kappa shape index (κ1) is 24.8. The lowest BCUT2D eigenvalue weighted by Gasteiger charge is -2.32. The van der Waals surface area contributed by atoms with Crippen LogP contribution in [0.4, 0.5) is 0 Å². The number of amides is 1. The van der Waals surface area contributed by atoms with Crippen LogP contribution in [0.3, 0.4) is 0 Å². The monoisotopic (exact) mass is 459 g/mol. The summed E-state index contributed by atoms with van der Waals surface area (Å²) in [5, 5.41) is 3.00. The molecule has 2 rings (SSSR count). The number of piperidine rings is 1. The quantitative estimate of drug-likeness (QED) is 0.626. The number of carbonyl (C=O) groups excluding carboxylic acids is 1. The van der Waals surface area contributed by atoms with Crippen molar-refractivity contribution in [2.45, 2.75) is 36.5 Å². The fourth-order valence-electron chi connectivity index (χ4n) is 3.85. The minimum absolute atomic E-state index is 0.0598. The molecule has 0 saturated carbocycles. The second-order valence-electron chi connectivity index (χ2n) is 9.02. The molecule has 170 valence electrons. The molecule has 0 spiro atoms. The number of carbonyl (C=O) groups is 1. The number of hydrogen-bond donors (Lipinski definition) is 1. The Morgan fingerprint density at radius 3 is 2.13 bits per heavy atom. The van der Waals surface area contributed by atoms with E-state index in [0.29, 0.717) is 19.4 Å². The van der Waals surface area contributed by atoms with Gasteiger partial charge in [-0.3, -0.25) is 4.79 Å². The van der Waals surface area contributed by atoms with Crippen LogP contribution in [-0.2, 0) is 24.7 Å². The van der Waals surface area contributed by atoms with Gasteiger partial charge in [0.1, 0.15) is 4.90 Å². The van der Waals surface area contributed by atoms with Gasteiger partial charge in [0.15, 0.2) is 9.84 Å². The summed E-state index contributed by atoms with van der Waals surface area (Å²) in [6.45, 7) is 5.91. The third-order valence-electron chi connectivity index (χ3n) is 5.18. The average molecular weight is 460 g/mol. The van der Waals surface area contributed by atoms with Crippen molar-refractivity contribution in [3.05, 3.63) is 24.3 Å². The maximum atomic E-state index is 13.0. The van der Waals surface area contributed by atoms with E-state index in [1.54, 1.807) is 0 Å². The topological polar surface area (TPSA) is 104 Å². The number of nitrogens with zero attached hydrogens (tertiary/aromatic N) is 2. The van der Waals surface area contributed by atoms with Gasteiger partial charge in [-0.25, -0.2) is 16.8 Å². The summed E-state index contributed by atoms with van der Waals surface area (Å²) in [6, 6.07) is 5.64. The highest BCUT2D eigenvalue weighted by Crippen LogP contribution is 2.28. The number of nitrogens with one attached hydrogen (secondary N) is 1. The Morgan fingerprint density at radius 2 is 1.63 bits per heavy atom. The summed E-state index contributed by atoms with van der Waals surface area (Å²) >= 11 is 0. The van der Waals surface area contributed by atoms with Gasteiger partial charge in [0, 0.05) is 38.4 Å². The van der Waals surface area contributed by atoms with Crippen molar-refractivity contribution in [1.82, 2.24) is 14.5 Å². The Balaban J connectivity index is 2.03. The molecule has 1 aromatic carbocycles. The highest BCUT2D eigenvalue weighted by molar-refractivity contribution is 7.93. The molecule has 0 unspecified atom stereocenters. The largest absolute Gasteiger partial charge is 0.355 e. The van der Waals surface area contributed by atoms with Crippen molar-refractivity contribution < 1.29 is 21.6 Å². The number of sulfone groups is 1. The molecule has 0 radical (unpaired) electrons. The lowest BCUT2D eigenvalue weighted by atomic mass is 9.91. The maximum absolute atomic E-state index is 13.0. The molecular weight excluding hydrogens is 426 g/mol. The molecular formula is C20H33N3O5S2. The third-order valence-corrected chi connectivity index (χ3v) is 8.42. The zero-order valence-corrected chi connectivity index (χ0v) is 20.0. The molecule has 1 amide bonds. The zero-order chi connectivity index (χ0) is 22.7. The van der Waals surface area contributed by atoms with Gasteiger partial charge in [-0.15, -0.1) is 0 Å². The highest BCUT2D eigenvalue weighted by Gasteiger charge is 2.34. The first-order valence-electron chi connectivity index (χ1n) is 9.96. The Kier molecular flexibility index (Phi) is 7.71. The molecule has 0 aromatic heterocycles. The number of benzene rings is 1. The molecule has 1 N–H and O–H groups in total. The van der Waals surface area contributed by atoms with Crippen LogP contribution in [0.1, 0.15) is 26.7 Å². The Bertz CT molecular complexity index is 964. The van der Waals surface area contributed by atoms with Crippen molar-refractivity contribution in [3.63, 3.8) is 0 Å². The van der Waals surface area contributed by atoms with Gasteiger partial charge in [0.05, 0.1) is 4.90 Å². The predicted molar refractivity (Wildman–Crippen MR) is 116 cm³/mol. The number of rotatable bonds is 8. The van der Waals surface area contributed by atoms with Gasteiger partial charge in [0.2, 0.25) is 15.9 Å². The molecule has 30 heavy (non-hydrogen) atoms. The van der Waals surface area contributed by atoms with Crippen molar-refractivity contribution in [3.8, 4) is 0 Å². The van der Waals surface area contributed by atoms with E-state index in [2.05, 4.69) is 24.1 Å². The Morgan fingerprint density at radius 1 is 1.10 bits per heavy atom. The number of hydrogen-bond acceptors (Lipinski definition) is 6. The van der Waals surface area contributed by atoms with Crippen molar-refractivity contribution in [1.29, 1.82) is 0 Å². The summed E-state index contributed by atoms with van der Waals surface area (Å²) in [5.41, 5.74) is -0.0709. The van der Waals surface area contributed by atoms with E-state index in [-0.39, 0.29) is 40.1 Å². The van der Waals surface area contributed by atoms with E-state index < -0.39 is 19.9 Å².